The van der Waals surface area contributed by atoms with E-state index in [-0.39, 0.29) is 6.10 Å². The number of morpholine rings is 1. The highest BCUT2D eigenvalue weighted by Crippen LogP contribution is 2.20. The summed E-state index contributed by atoms with van der Waals surface area (Å²) < 4.78 is 5.83. The van der Waals surface area contributed by atoms with Crippen LogP contribution in [0.3, 0.4) is 0 Å². The first-order valence-electron chi connectivity index (χ1n) is 7.73. The number of nitrogens with zero attached hydrogens (tertiary/aromatic N) is 6. The first kappa shape index (κ1) is 15.8. The number of ether oxygens (including phenoxy) is 1. The minimum atomic E-state index is -0.0781. The molecule has 0 aromatic carbocycles. The van der Waals surface area contributed by atoms with Crippen LogP contribution in [0, 0.1) is 6.92 Å². The predicted molar refractivity (Wildman–Crippen MR) is 87.1 cm³/mol. The van der Waals surface area contributed by atoms with Gasteiger partial charge in [-0.15, -0.1) is 0 Å². The maximum absolute atomic E-state index is 5.83. The number of hydrogen-bond donors (Lipinski definition) is 0. The number of rotatable bonds is 4. The molecule has 23 heavy (non-hydrogen) atoms. The molecule has 0 unspecified atom stereocenters. The van der Waals surface area contributed by atoms with Crippen LogP contribution >= 0.6 is 0 Å². The quantitative estimate of drug-likeness (QED) is 0.840. The topological polar surface area (TPSA) is 67.3 Å². The lowest BCUT2D eigenvalue weighted by molar-refractivity contribution is -0.0373. The van der Waals surface area contributed by atoms with Crippen LogP contribution in [0.4, 0.5) is 5.95 Å². The van der Waals surface area contributed by atoms with E-state index in [0.29, 0.717) is 6.61 Å². The second kappa shape index (κ2) is 6.97. The van der Waals surface area contributed by atoms with Gasteiger partial charge in [0, 0.05) is 63.6 Å². The molecule has 0 aliphatic carbocycles. The Morgan fingerprint density at radius 3 is 2.74 bits per heavy atom. The molecule has 122 valence electrons. The van der Waals surface area contributed by atoms with Crippen molar-refractivity contribution in [2.75, 3.05) is 38.7 Å². The summed E-state index contributed by atoms with van der Waals surface area (Å²) in [6.45, 7) is 5.12. The zero-order valence-corrected chi connectivity index (χ0v) is 13.8. The average Bonchev–Trinajstić information content (AvgIpc) is 2.56. The Hall–Kier alpha value is -2.12. The maximum Gasteiger partial charge on any atom is 0.224 e. The third-order valence-electron chi connectivity index (χ3n) is 3.75. The van der Waals surface area contributed by atoms with Crippen molar-refractivity contribution in [3.8, 4) is 0 Å². The van der Waals surface area contributed by atoms with Crippen molar-refractivity contribution in [2.45, 2.75) is 19.6 Å². The van der Waals surface area contributed by atoms with Crippen LogP contribution in [0.5, 0.6) is 0 Å². The van der Waals surface area contributed by atoms with Crippen LogP contribution in [-0.4, -0.2) is 58.6 Å². The fourth-order valence-corrected chi connectivity index (χ4v) is 2.54. The summed E-state index contributed by atoms with van der Waals surface area (Å²) in [5.41, 5.74) is 2.06. The zero-order valence-electron chi connectivity index (χ0n) is 13.8. The van der Waals surface area contributed by atoms with Crippen molar-refractivity contribution in [3.05, 3.63) is 41.7 Å². The van der Waals surface area contributed by atoms with E-state index in [1.807, 2.05) is 44.4 Å². The van der Waals surface area contributed by atoms with Crippen LogP contribution < -0.4 is 4.90 Å². The molecule has 3 heterocycles. The van der Waals surface area contributed by atoms with Gasteiger partial charge in [0.25, 0.3) is 0 Å². The Balaban J connectivity index is 1.64. The number of hydrogen-bond acceptors (Lipinski definition) is 7. The second-order valence-corrected chi connectivity index (χ2v) is 5.94. The Labute approximate surface area is 136 Å². The van der Waals surface area contributed by atoms with Crippen molar-refractivity contribution in [2.24, 2.45) is 0 Å². The van der Waals surface area contributed by atoms with Crippen molar-refractivity contribution >= 4 is 5.95 Å². The minimum Gasteiger partial charge on any atom is -0.368 e. The Bertz CT molecular complexity index is 645. The van der Waals surface area contributed by atoms with Crippen molar-refractivity contribution in [3.63, 3.8) is 0 Å². The maximum atomic E-state index is 5.83. The average molecular weight is 314 g/mol. The molecule has 0 radical (unpaired) electrons. The summed E-state index contributed by atoms with van der Waals surface area (Å²) in [6.07, 6.45) is 5.48. The first-order chi connectivity index (χ1) is 11.1. The fourth-order valence-electron chi connectivity index (χ4n) is 2.54. The van der Waals surface area contributed by atoms with E-state index in [1.54, 1.807) is 6.20 Å². The van der Waals surface area contributed by atoms with E-state index >= 15 is 0 Å². The van der Waals surface area contributed by atoms with Crippen LogP contribution in [0.15, 0.2) is 24.7 Å². The lowest BCUT2D eigenvalue weighted by Crippen LogP contribution is -2.38. The van der Waals surface area contributed by atoms with E-state index in [4.69, 9.17) is 4.74 Å². The molecule has 0 amide bonds. The molecule has 1 fully saturated rings. The van der Waals surface area contributed by atoms with Gasteiger partial charge in [-0.25, -0.2) is 19.9 Å². The molecule has 1 saturated heterocycles. The SMILES string of the molecule is Cc1ccnc([C@H]2CN(Cc3cnc(N(C)C)nc3)CCO2)n1. The Morgan fingerprint density at radius 1 is 1.26 bits per heavy atom. The highest BCUT2D eigenvalue weighted by atomic mass is 16.5. The molecular formula is C16H22N6O. The molecule has 1 aliphatic rings. The predicted octanol–water partition coefficient (Wildman–Crippen LogP) is 1.21. The monoisotopic (exact) mass is 314 g/mol. The molecule has 1 aliphatic heterocycles. The number of aryl methyl sites for hydroxylation is 1. The molecule has 0 N–H and O–H groups in total. The second-order valence-electron chi connectivity index (χ2n) is 5.94. The van der Waals surface area contributed by atoms with Gasteiger partial charge in [-0.3, -0.25) is 4.90 Å². The molecule has 0 saturated carbocycles. The van der Waals surface area contributed by atoms with E-state index in [9.17, 15) is 0 Å². The summed E-state index contributed by atoms with van der Waals surface area (Å²) >= 11 is 0. The van der Waals surface area contributed by atoms with Crippen molar-refractivity contribution in [1.82, 2.24) is 24.8 Å². The molecule has 7 nitrogen and oxygen atoms in total. The Kier molecular flexibility index (Phi) is 4.78. The molecule has 2 aromatic heterocycles. The molecule has 3 rings (SSSR count). The van der Waals surface area contributed by atoms with Gasteiger partial charge < -0.3 is 9.64 Å². The van der Waals surface area contributed by atoms with Gasteiger partial charge in [-0.05, 0) is 13.0 Å². The number of aromatic nitrogens is 4. The van der Waals surface area contributed by atoms with Crippen molar-refractivity contribution in [1.29, 1.82) is 0 Å². The van der Waals surface area contributed by atoms with Crippen molar-refractivity contribution < 1.29 is 4.74 Å². The van der Waals surface area contributed by atoms with Gasteiger partial charge in [0.05, 0.1) is 6.61 Å². The lowest BCUT2D eigenvalue weighted by atomic mass is 10.2. The molecule has 7 heteroatoms. The molecular weight excluding hydrogens is 292 g/mol. The van der Waals surface area contributed by atoms with Gasteiger partial charge in [0.2, 0.25) is 5.95 Å². The molecule has 0 bridgehead atoms. The van der Waals surface area contributed by atoms with E-state index in [2.05, 4.69) is 24.8 Å². The smallest absolute Gasteiger partial charge is 0.224 e. The highest BCUT2D eigenvalue weighted by Gasteiger charge is 2.24. The molecule has 1 atom stereocenters. The summed E-state index contributed by atoms with van der Waals surface area (Å²) in [4.78, 5) is 21.8. The van der Waals surface area contributed by atoms with Gasteiger partial charge in [0.15, 0.2) is 5.82 Å². The lowest BCUT2D eigenvalue weighted by Gasteiger charge is -2.32. The van der Waals surface area contributed by atoms with Gasteiger partial charge in [-0.1, -0.05) is 0 Å². The van der Waals surface area contributed by atoms with Crippen LogP contribution in [-0.2, 0) is 11.3 Å². The van der Waals surface area contributed by atoms with Gasteiger partial charge in [0.1, 0.15) is 6.10 Å². The van der Waals surface area contributed by atoms with E-state index < -0.39 is 0 Å². The summed E-state index contributed by atoms with van der Waals surface area (Å²) in [5.74, 6) is 1.48. The molecule has 0 spiro atoms. The summed E-state index contributed by atoms with van der Waals surface area (Å²) in [6, 6.07) is 1.90. The van der Waals surface area contributed by atoms with Crippen LogP contribution in [0.25, 0.3) is 0 Å². The van der Waals surface area contributed by atoms with E-state index in [0.717, 1.165) is 42.7 Å². The largest absolute Gasteiger partial charge is 0.368 e. The zero-order chi connectivity index (χ0) is 16.2. The minimum absolute atomic E-state index is 0.0781. The Morgan fingerprint density at radius 2 is 2.04 bits per heavy atom. The third kappa shape index (κ3) is 4.00. The van der Waals surface area contributed by atoms with Gasteiger partial charge >= 0.3 is 0 Å². The third-order valence-corrected chi connectivity index (χ3v) is 3.75. The van der Waals surface area contributed by atoms with E-state index in [1.165, 1.54) is 0 Å². The summed E-state index contributed by atoms with van der Waals surface area (Å²) in [5, 5.41) is 0. The number of anilines is 1. The van der Waals surface area contributed by atoms with Crippen LogP contribution in [0.2, 0.25) is 0 Å². The summed E-state index contributed by atoms with van der Waals surface area (Å²) in [7, 11) is 3.87. The van der Waals surface area contributed by atoms with Crippen LogP contribution in [0.1, 0.15) is 23.2 Å². The standard InChI is InChI=1S/C16H22N6O/c1-12-4-5-17-15(20-12)14-11-22(6-7-23-14)10-13-8-18-16(19-9-13)21(2)3/h4-5,8-9,14H,6-7,10-11H2,1-3H3/t14-/m1/s1. The normalized spacial score (nSPS) is 18.8. The fraction of sp³-hybridized carbons (Fsp3) is 0.500. The highest BCUT2D eigenvalue weighted by molar-refractivity contribution is 5.26. The van der Waals surface area contributed by atoms with Gasteiger partial charge in [-0.2, -0.15) is 0 Å². The molecule has 2 aromatic rings. The first-order valence-corrected chi connectivity index (χ1v) is 7.73.